The number of thiazole rings is 1. The van der Waals surface area contributed by atoms with Gasteiger partial charge in [0.1, 0.15) is 10.7 Å². The quantitative estimate of drug-likeness (QED) is 0.519. The van der Waals surface area contributed by atoms with E-state index in [0.717, 1.165) is 21.8 Å². The van der Waals surface area contributed by atoms with Crippen molar-refractivity contribution in [3.63, 3.8) is 0 Å². The summed E-state index contributed by atoms with van der Waals surface area (Å²) in [6.07, 6.45) is 4.21. The van der Waals surface area contributed by atoms with E-state index in [-0.39, 0.29) is 11.7 Å². The van der Waals surface area contributed by atoms with Gasteiger partial charge in [0.2, 0.25) is 0 Å². The highest BCUT2D eigenvalue weighted by molar-refractivity contribution is 7.13. The van der Waals surface area contributed by atoms with Crippen molar-refractivity contribution in [1.29, 1.82) is 0 Å². The van der Waals surface area contributed by atoms with Gasteiger partial charge in [-0.3, -0.25) is 4.79 Å². The molecule has 0 spiro atoms. The molecule has 2 aromatic carbocycles. The van der Waals surface area contributed by atoms with Crippen LogP contribution < -0.4 is 5.32 Å². The van der Waals surface area contributed by atoms with Gasteiger partial charge >= 0.3 is 0 Å². The summed E-state index contributed by atoms with van der Waals surface area (Å²) >= 11 is 1.37. The molecule has 0 radical (unpaired) electrons. The minimum absolute atomic E-state index is 0.155. The van der Waals surface area contributed by atoms with Gasteiger partial charge in [-0.1, -0.05) is 30.3 Å². The third-order valence-electron chi connectivity index (χ3n) is 4.43. The summed E-state index contributed by atoms with van der Waals surface area (Å²) in [6.45, 7) is 2.21. The third kappa shape index (κ3) is 4.57. The number of para-hydroxylation sites is 1. The molecule has 0 aliphatic carbocycles. The van der Waals surface area contributed by atoms with E-state index in [1.54, 1.807) is 23.0 Å². The number of hydrogen-bond donors (Lipinski definition) is 1. The molecule has 1 N–H and O–H groups in total. The van der Waals surface area contributed by atoms with Gasteiger partial charge in [0.15, 0.2) is 0 Å². The summed E-state index contributed by atoms with van der Waals surface area (Å²) in [5, 5.41) is 8.10. The van der Waals surface area contributed by atoms with Gasteiger partial charge in [0, 0.05) is 24.7 Å². The molecular weight excluding hydrogens is 387 g/mol. The number of aromatic nitrogens is 3. The lowest BCUT2D eigenvalue weighted by Crippen LogP contribution is -2.22. The summed E-state index contributed by atoms with van der Waals surface area (Å²) in [7, 11) is 0. The van der Waals surface area contributed by atoms with Crippen LogP contribution in [-0.2, 0) is 13.0 Å². The highest BCUT2D eigenvalue weighted by Crippen LogP contribution is 2.21. The lowest BCUT2D eigenvalue weighted by Gasteiger charge is -2.02. The molecule has 146 valence electrons. The number of hydrogen-bond acceptors (Lipinski definition) is 4. The lowest BCUT2D eigenvalue weighted by atomic mass is 10.1. The molecule has 7 heteroatoms. The molecule has 0 bridgehead atoms. The van der Waals surface area contributed by atoms with Gasteiger partial charge in [0.25, 0.3) is 5.91 Å². The average molecular weight is 406 g/mol. The number of aryl methyl sites for hydroxylation is 1. The second-order valence-electron chi connectivity index (χ2n) is 6.64. The first-order valence-corrected chi connectivity index (χ1v) is 9.98. The molecule has 2 aromatic heterocycles. The molecule has 4 aromatic rings. The molecule has 1 amide bonds. The van der Waals surface area contributed by atoms with Crippen LogP contribution in [0.1, 0.15) is 31.5 Å². The second-order valence-corrected chi connectivity index (χ2v) is 7.72. The summed E-state index contributed by atoms with van der Waals surface area (Å²) in [5.41, 5.74) is 3.54. The Bertz CT molecular complexity index is 1120. The van der Waals surface area contributed by atoms with E-state index in [1.165, 1.54) is 23.5 Å². The van der Waals surface area contributed by atoms with Crippen molar-refractivity contribution in [1.82, 2.24) is 20.1 Å². The number of nitrogens with one attached hydrogen (secondary N) is 1. The normalized spacial score (nSPS) is 10.8. The van der Waals surface area contributed by atoms with Crippen molar-refractivity contribution in [3.8, 4) is 5.69 Å². The Labute approximate surface area is 171 Å². The van der Waals surface area contributed by atoms with E-state index in [4.69, 9.17) is 0 Å². The zero-order valence-electron chi connectivity index (χ0n) is 15.8. The first-order chi connectivity index (χ1) is 14.1. The topological polar surface area (TPSA) is 59.8 Å². The molecule has 5 nitrogen and oxygen atoms in total. The highest BCUT2D eigenvalue weighted by atomic mass is 32.1. The van der Waals surface area contributed by atoms with Crippen LogP contribution in [0.25, 0.3) is 5.69 Å². The number of carbonyl (C=O) groups excluding carboxylic acids is 1. The Morgan fingerprint density at radius 3 is 2.62 bits per heavy atom. The number of nitrogens with zero attached hydrogens (tertiary/aromatic N) is 3. The van der Waals surface area contributed by atoms with E-state index in [0.29, 0.717) is 23.5 Å². The Balaban J connectivity index is 1.39. The van der Waals surface area contributed by atoms with E-state index in [2.05, 4.69) is 15.4 Å². The van der Waals surface area contributed by atoms with Crippen molar-refractivity contribution < 1.29 is 9.18 Å². The monoisotopic (exact) mass is 406 g/mol. The fourth-order valence-corrected chi connectivity index (χ4v) is 3.97. The maximum Gasteiger partial charge on any atom is 0.263 e. The maximum atomic E-state index is 13.1. The number of halogens is 1. The molecule has 0 saturated carbocycles. The smallest absolute Gasteiger partial charge is 0.263 e. The molecule has 0 atom stereocenters. The van der Waals surface area contributed by atoms with E-state index < -0.39 is 0 Å². The molecule has 29 heavy (non-hydrogen) atoms. The van der Waals surface area contributed by atoms with Gasteiger partial charge < -0.3 is 5.32 Å². The fraction of sp³-hybridized carbons (Fsp3) is 0.136. The lowest BCUT2D eigenvalue weighted by molar-refractivity contribution is 0.0954. The van der Waals surface area contributed by atoms with Gasteiger partial charge in [-0.2, -0.15) is 5.10 Å². The van der Waals surface area contributed by atoms with Crippen LogP contribution in [0.3, 0.4) is 0 Å². The highest BCUT2D eigenvalue weighted by Gasteiger charge is 2.15. The molecule has 4 rings (SSSR count). The van der Waals surface area contributed by atoms with E-state index in [9.17, 15) is 9.18 Å². The Morgan fingerprint density at radius 1 is 1.10 bits per heavy atom. The third-order valence-corrected chi connectivity index (χ3v) is 5.58. The molecular formula is C22H19FN4OS. The van der Waals surface area contributed by atoms with Gasteiger partial charge in [-0.25, -0.2) is 14.1 Å². The summed E-state index contributed by atoms with van der Waals surface area (Å²) < 4.78 is 14.8. The maximum absolute atomic E-state index is 13.1. The second kappa shape index (κ2) is 8.36. The number of rotatable bonds is 6. The Hall–Kier alpha value is -3.32. The first-order valence-electron chi connectivity index (χ1n) is 9.16. The van der Waals surface area contributed by atoms with Crippen molar-refractivity contribution >= 4 is 17.2 Å². The molecule has 0 saturated heterocycles. The van der Waals surface area contributed by atoms with Crippen molar-refractivity contribution in [3.05, 3.63) is 99.5 Å². The van der Waals surface area contributed by atoms with Crippen LogP contribution in [0.15, 0.2) is 67.0 Å². The van der Waals surface area contributed by atoms with Crippen LogP contribution in [0.5, 0.6) is 0 Å². The van der Waals surface area contributed by atoms with E-state index >= 15 is 0 Å². The minimum Gasteiger partial charge on any atom is -0.347 e. The fourth-order valence-electron chi connectivity index (χ4n) is 2.95. The average Bonchev–Trinajstić information content (AvgIpc) is 3.35. The Morgan fingerprint density at radius 2 is 1.86 bits per heavy atom. The number of amides is 1. The summed E-state index contributed by atoms with van der Waals surface area (Å²) in [5.74, 6) is -0.419. The van der Waals surface area contributed by atoms with Gasteiger partial charge in [0.05, 0.1) is 22.6 Å². The van der Waals surface area contributed by atoms with Gasteiger partial charge in [-0.15, -0.1) is 11.3 Å². The van der Waals surface area contributed by atoms with Gasteiger partial charge in [-0.05, 0) is 36.8 Å². The predicted octanol–water partition coefficient (Wildman–Crippen LogP) is 4.30. The summed E-state index contributed by atoms with van der Waals surface area (Å²) in [4.78, 5) is 17.7. The van der Waals surface area contributed by atoms with Crippen molar-refractivity contribution in [2.45, 2.75) is 19.9 Å². The largest absolute Gasteiger partial charge is 0.347 e. The molecule has 0 aliphatic rings. The predicted molar refractivity (Wildman–Crippen MR) is 111 cm³/mol. The number of benzene rings is 2. The Kier molecular flexibility index (Phi) is 5.48. The molecule has 0 aliphatic heterocycles. The van der Waals surface area contributed by atoms with Crippen LogP contribution >= 0.6 is 11.3 Å². The van der Waals surface area contributed by atoms with Crippen LogP contribution in [0, 0.1) is 12.7 Å². The molecule has 0 fully saturated rings. The minimum atomic E-state index is -0.264. The molecule has 0 unspecified atom stereocenters. The zero-order chi connectivity index (χ0) is 20.2. The first kappa shape index (κ1) is 19.0. The van der Waals surface area contributed by atoms with Crippen LogP contribution in [-0.4, -0.2) is 20.7 Å². The molecule has 2 heterocycles. The zero-order valence-corrected chi connectivity index (χ0v) is 16.6. The van der Waals surface area contributed by atoms with Crippen LogP contribution in [0.4, 0.5) is 4.39 Å². The SMILES string of the molecule is Cc1nc(Cc2ccc(F)cc2)sc1C(=O)NCc1cnn(-c2ccccc2)c1. The number of carbonyl (C=O) groups is 1. The standard InChI is InChI=1S/C22H19FN4OS/c1-15-21(29-20(26-15)11-16-7-9-18(23)10-8-16)22(28)24-12-17-13-25-27(14-17)19-5-3-2-4-6-19/h2-10,13-14H,11-12H2,1H3,(H,24,28). The van der Waals surface area contributed by atoms with E-state index in [1.807, 2.05) is 43.5 Å². The van der Waals surface area contributed by atoms with Crippen molar-refractivity contribution in [2.24, 2.45) is 0 Å². The van der Waals surface area contributed by atoms with Crippen molar-refractivity contribution in [2.75, 3.05) is 0 Å². The van der Waals surface area contributed by atoms with Crippen LogP contribution in [0.2, 0.25) is 0 Å². The summed E-state index contributed by atoms with van der Waals surface area (Å²) in [6, 6.07) is 16.1.